The Morgan fingerprint density at radius 3 is 2.62 bits per heavy atom. The zero-order chi connectivity index (χ0) is 14.3. The molecular weight excluding hydrogens is 278 g/mol. The van der Waals surface area contributed by atoms with Crippen LogP contribution in [0.3, 0.4) is 0 Å². The molecule has 1 atom stereocenters. The van der Waals surface area contributed by atoms with Crippen molar-refractivity contribution in [3.8, 4) is 0 Å². The largest absolute Gasteiger partial charge is 0.469 e. The average Bonchev–Trinajstić information content (AvgIpc) is 3.07. The van der Waals surface area contributed by atoms with Crippen molar-refractivity contribution in [2.24, 2.45) is 0 Å². The van der Waals surface area contributed by atoms with E-state index in [1.807, 2.05) is 6.07 Å². The normalized spacial score (nSPS) is 17.7. The molecule has 0 radical (unpaired) electrons. The molecule has 21 heavy (non-hydrogen) atoms. The van der Waals surface area contributed by atoms with Crippen molar-refractivity contribution in [3.63, 3.8) is 0 Å². The lowest BCUT2D eigenvalue weighted by atomic mass is 9.93. The summed E-state index contributed by atoms with van der Waals surface area (Å²) in [6.45, 7) is 1.05. The molecule has 0 saturated carbocycles. The molecule has 2 aromatic rings. The van der Waals surface area contributed by atoms with E-state index in [-0.39, 0.29) is 0 Å². The van der Waals surface area contributed by atoms with E-state index < -0.39 is 0 Å². The minimum absolute atomic E-state index is 0.353. The van der Waals surface area contributed by atoms with Crippen molar-refractivity contribution in [1.82, 2.24) is 5.32 Å². The standard InChI is InChI=1S/C18H23NOS/c1-2-5-15(6-3-1)17(18-7-4-12-20-18)8-11-19-16-9-13-21-14-10-16/h1-7,12,16-17,19H,8-11,13-14H2/t17-/m0/s1. The van der Waals surface area contributed by atoms with E-state index in [1.165, 1.54) is 29.9 Å². The van der Waals surface area contributed by atoms with Gasteiger partial charge in [0.2, 0.25) is 0 Å². The zero-order valence-electron chi connectivity index (χ0n) is 12.3. The van der Waals surface area contributed by atoms with Crippen LogP contribution in [0.2, 0.25) is 0 Å². The van der Waals surface area contributed by atoms with E-state index in [4.69, 9.17) is 4.42 Å². The van der Waals surface area contributed by atoms with Gasteiger partial charge in [0.05, 0.1) is 6.26 Å². The summed E-state index contributed by atoms with van der Waals surface area (Å²) in [7, 11) is 0. The molecule has 3 rings (SSSR count). The summed E-state index contributed by atoms with van der Waals surface area (Å²) in [6.07, 6.45) is 5.47. The second kappa shape index (κ2) is 7.71. The number of thioether (sulfide) groups is 1. The molecule has 3 heteroatoms. The van der Waals surface area contributed by atoms with Gasteiger partial charge < -0.3 is 9.73 Å². The third-order valence-corrected chi connectivity index (χ3v) is 5.22. The SMILES string of the molecule is c1ccc([C@H](CCNC2CCSCC2)c2ccco2)cc1. The highest BCUT2D eigenvalue weighted by Gasteiger charge is 2.18. The zero-order valence-corrected chi connectivity index (χ0v) is 13.1. The van der Waals surface area contributed by atoms with Crippen molar-refractivity contribution in [2.75, 3.05) is 18.1 Å². The summed E-state index contributed by atoms with van der Waals surface area (Å²) in [4.78, 5) is 0. The van der Waals surface area contributed by atoms with Gasteiger partial charge in [-0.05, 0) is 55.0 Å². The minimum atomic E-state index is 0.353. The van der Waals surface area contributed by atoms with E-state index in [0.29, 0.717) is 12.0 Å². The van der Waals surface area contributed by atoms with Crippen LogP contribution in [0.1, 0.15) is 36.5 Å². The number of hydrogen-bond donors (Lipinski definition) is 1. The molecular formula is C18H23NOS. The molecule has 1 saturated heterocycles. The fourth-order valence-electron chi connectivity index (χ4n) is 2.98. The Hall–Kier alpha value is -1.19. The van der Waals surface area contributed by atoms with Gasteiger partial charge in [0.1, 0.15) is 5.76 Å². The molecule has 0 spiro atoms. The molecule has 0 bridgehead atoms. The summed E-state index contributed by atoms with van der Waals surface area (Å²) in [5.74, 6) is 4.03. The van der Waals surface area contributed by atoms with Crippen molar-refractivity contribution in [1.29, 1.82) is 0 Å². The highest BCUT2D eigenvalue weighted by Crippen LogP contribution is 2.28. The van der Waals surface area contributed by atoms with Crippen LogP contribution in [0.15, 0.2) is 53.1 Å². The smallest absolute Gasteiger partial charge is 0.111 e. The first-order chi connectivity index (χ1) is 10.4. The van der Waals surface area contributed by atoms with Gasteiger partial charge in [-0.15, -0.1) is 0 Å². The van der Waals surface area contributed by atoms with Gasteiger partial charge in [-0.2, -0.15) is 11.8 Å². The fraction of sp³-hybridized carbons (Fsp3) is 0.444. The summed E-state index contributed by atoms with van der Waals surface area (Å²) < 4.78 is 5.66. The summed E-state index contributed by atoms with van der Waals surface area (Å²) in [5, 5.41) is 3.73. The molecule has 0 aliphatic carbocycles. The summed E-state index contributed by atoms with van der Waals surface area (Å²) >= 11 is 2.08. The van der Waals surface area contributed by atoms with Gasteiger partial charge in [-0.25, -0.2) is 0 Å². The molecule has 1 N–H and O–H groups in total. The molecule has 1 aromatic heterocycles. The van der Waals surface area contributed by atoms with Crippen molar-refractivity contribution in [2.45, 2.75) is 31.2 Å². The van der Waals surface area contributed by atoms with Gasteiger partial charge in [0.25, 0.3) is 0 Å². The highest BCUT2D eigenvalue weighted by atomic mass is 32.2. The first-order valence-corrected chi connectivity index (χ1v) is 8.98. The second-order valence-electron chi connectivity index (χ2n) is 5.61. The maximum absolute atomic E-state index is 5.66. The number of furan rings is 1. The van der Waals surface area contributed by atoms with Crippen molar-refractivity contribution in [3.05, 3.63) is 60.1 Å². The van der Waals surface area contributed by atoms with Gasteiger partial charge in [-0.3, -0.25) is 0 Å². The Morgan fingerprint density at radius 2 is 1.90 bits per heavy atom. The van der Waals surface area contributed by atoms with Crippen LogP contribution in [0.25, 0.3) is 0 Å². The molecule has 1 aliphatic rings. The third kappa shape index (κ3) is 4.14. The van der Waals surface area contributed by atoms with Crippen LogP contribution in [0.5, 0.6) is 0 Å². The quantitative estimate of drug-likeness (QED) is 0.862. The minimum Gasteiger partial charge on any atom is -0.469 e. The maximum Gasteiger partial charge on any atom is 0.111 e. The first-order valence-electron chi connectivity index (χ1n) is 7.83. The Morgan fingerprint density at radius 1 is 1.10 bits per heavy atom. The lowest BCUT2D eigenvalue weighted by Gasteiger charge is -2.24. The Kier molecular flexibility index (Phi) is 5.41. The number of benzene rings is 1. The lowest BCUT2D eigenvalue weighted by Crippen LogP contribution is -2.33. The van der Waals surface area contributed by atoms with Gasteiger partial charge in [0.15, 0.2) is 0 Å². The second-order valence-corrected chi connectivity index (χ2v) is 6.83. The van der Waals surface area contributed by atoms with E-state index in [2.05, 4.69) is 53.5 Å². The topological polar surface area (TPSA) is 25.2 Å². The maximum atomic E-state index is 5.66. The van der Waals surface area contributed by atoms with E-state index >= 15 is 0 Å². The van der Waals surface area contributed by atoms with Gasteiger partial charge >= 0.3 is 0 Å². The molecule has 1 aromatic carbocycles. The Bertz CT molecular complexity index is 505. The molecule has 0 unspecified atom stereocenters. The summed E-state index contributed by atoms with van der Waals surface area (Å²) in [6, 6.07) is 15.5. The number of rotatable bonds is 6. The van der Waals surface area contributed by atoms with Crippen molar-refractivity contribution < 1.29 is 4.42 Å². The van der Waals surface area contributed by atoms with E-state index in [0.717, 1.165) is 18.7 Å². The van der Waals surface area contributed by atoms with Crippen LogP contribution >= 0.6 is 11.8 Å². The highest BCUT2D eigenvalue weighted by molar-refractivity contribution is 7.99. The fourth-order valence-corrected chi connectivity index (χ4v) is 4.09. The predicted molar refractivity (Wildman–Crippen MR) is 90.0 cm³/mol. The first kappa shape index (κ1) is 14.7. The van der Waals surface area contributed by atoms with E-state index in [9.17, 15) is 0 Å². The van der Waals surface area contributed by atoms with Crippen LogP contribution in [0, 0.1) is 0 Å². The predicted octanol–water partition coefficient (Wildman–Crippen LogP) is 4.29. The molecule has 2 heterocycles. The van der Waals surface area contributed by atoms with Crippen LogP contribution in [0.4, 0.5) is 0 Å². The number of nitrogens with one attached hydrogen (secondary N) is 1. The lowest BCUT2D eigenvalue weighted by molar-refractivity contribution is 0.437. The van der Waals surface area contributed by atoms with Crippen LogP contribution in [-0.2, 0) is 0 Å². The Labute approximate surface area is 131 Å². The molecule has 1 fully saturated rings. The monoisotopic (exact) mass is 301 g/mol. The summed E-state index contributed by atoms with van der Waals surface area (Å²) in [5.41, 5.74) is 1.34. The van der Waals surface area contributed by atoms with E-state index in [1.54, 1.807) is 6.26 Å². The molecule has 2 nitrogen and oxygen atoms in total. The molecule has 1 aliphatic heterocycles. The van der Waals surface area contributed by atoms with Gasteiger partial charge in [-0.1, -0.05) is 30.3 Å². The van der Waals surface area contributed by atoms with Gasteiger partial charge in [0, 0.05) is 12.0 Å². The van der Waals surface area contributed by atoms with Crippen LogP contribution in [-0.4, -0.2) is 24.1 Å². The van der Waals surface area contributed by atoms with Crippen molar-refractivity contribution >= 4 is 11.8 Å². The third-order valence-electron chi connectivity index (χ3n) is 4.18. The molecule has 0 amide bonds. The van der Waals surface area contributed by atoms with Crippen LogP contribution < -0.4 is 5.32 Å². The number of hydrogen-bond acceptors (Lipinski definition) is 3. The Balaban J connectivity index is 1.60. The molecule has 112 valence electrons. The average molecular weight is 301 g/mol.